The number of rotatable bonds is 2. The van der Waals surface area contributed by atoms with Crippen LogP contribution >= 0.6 is 0 Å². The smallest absolute Gasteiger partial charge is 0.399 e. The number of carbonyl (C=O) groups excluding carboxylic acids is 1. The van der Waals surface area contributed by atoms with Crippen LogP contribution in [0.4, 0.5) is 5.69 Å². The van der Waals surface area contributed by atoms with Gasteiger partial charge in [-0.1, -0.05) is 39.0 Å². The van der Waals surface area contributed by atoms with E-state index in [1.807, 2.05) is 30.3 Å². The molecule has 0 spiro atoms. The Bertz CT molecular complexity index is 752. The first-order chi connectivity index (χ1) is 10.2. The molecule has 0 bridgehead atoms. The van der Waals surface area contributed by atoms with E-state index in [4.69, 9.17) is 11.5 Å². The molecule has 3 heteroatoms. The molecule has 1 unspecified atom stereocenters. The zero-order valence-electron chi connectivity index (χ0n) is 14.3. The predicted octanol–water partition coefficient (Wildman–Crippen LogP) is 3.47. The molecule has 1 amide bonds. The number of hydrogen-bond donors (Lipinski definition) is 2. The molecule has 4 N–H and O–H groups in total. The van der Waals surface area contributed by atoms with Crippen molar-refractivity contribution >= 4 is 11.6 Å². The molecule has 2 aromatic rings. The van der Waals surface area contributed by atoms with Crippen molar-refractivity contribution in [1.82, 2.24) is 0 Å². The largest absolute Gasteiger partial charge is 1.00 e. The Morgan fingerprint density at radius 3 is 2.27 bits per heavy atom. The molecule has 0 heterocycles. The van der Waals surface area contributed by atoms with E-state index in [0.717, 1.165) is 12.1 Å². The Labute approximate surface area is 132 Å². The molecule has 114 valence electrons. The summed E-state index contributed by atoms with van der Waals surface area (Å²) in [4.78, 5) is 11.3. The minimum absolute atomic E-state index is 0. The Morgan fingerprint density at radius 1 is 1.05 bits per heavy atom. The highest BCUT2D eigenvalue weighted by molar-refractivity contribution is 5.92. The zero-order chi connectivity index (χ0) is 16.1. The lowest BCUT2D eigenvalue weighted by Gasteiger charge is -2.28. The third kappa shape index (κ3) is 2.08. The fraction of sp³-hybridized carbons (Fsp3) is 0.316. The van der Waals surface area contributed by atoms with E-state index in [1.54, 1.807) is 0 Å². The first-order valence-electron chi connectivity index (χ1n) is 7.55. The van der Waals surface area contributed by atoms with Gasteiger partial charge in [-0.3, -0.25) is 4.79 Å². The first-order valence-corrected chi connectivity index (χ1v) is 7.55. The summed E-state index contributed by atoms with van der Waals surface area (Å²) in [5.41, 5.74) is 16.5. The average Bonchev–Trinajstić information content (AvgIpc) is 2.66. The van der Waals surface area contributed by atoms with Gasteiger partial charge >= 0.3 is 1.43 Å². The fourth-order valence-electron chi connectivity index (χ4n) is 3.94. The van der Waals surface area contributed by atoms with Crippen molar-refractivity contribution in [2.24, 2.45) is 5.73 Å². The minimum Gasteiger partial charge on any atom is -0.399 e. The fourth-order valence-corrected chi connectivity index (χ4v) is 3.94. The number of amides is 1. The van der Waals surface area contributed by atoms with Gasteiger partial charge in [-0.2, -0.15) is 0 Å². The lowest BCUT2D eigenvalue weighted by Crippen LogP contribution is -2.23. The highest BCUT2D eigenvalue weighted by Crippen LogP contribution is 2.53. The van der Waals surface area contributed by atoms with Crippen molar-refractivity contribution in [3.63, 3.8) is 0 Å². The van der Waals surface area contributed by atoms with E-state index < -0.39 is 5.91 Å². The number of fused-ring (bicyclic) bond motifs is 1. The standard InChI is InChI=1S/C19H22N2O/c1-18(2)11-19(3,15-9-8-14(20)10-16(15)18)13-6-4-12(5-7-13)17(21)22/h4-10H,11,20H2,1-3H3,(H2,21,22)/p+1. The minimum atomic E-state index is -0.392. The lowest BCUT2D eigenvalue weighted by molar-refractivity contribution is 0.1000. The van der Waals surface area contributed by atoms with Gasteiger partial charge in [-0.15, -0.1) is 0 Å². The monoisotopic (exact) mass is 295 g/mol. The number of primary amides is 1. The van der Waals surface area contributed by atoms with E-state index in [2.05, 4.69) is 32.9 Å². The number of hydrogen-bond acceptors (Lipinski definition) is 2. The second-order valence-corrected chi connectivity index (χ2v) is 7.14. The van der Waals surface area contributed by atoms with E-state index in [-0.39, 0.29) is 12.3 Å². The van der Waals surface area contributed by atoms with E-state index in [1.165, 1.54) is 16.7 Å². The maximum atomic E-state index is 11.3. The Morgan fingerprint density at radius 2 is 1.68 bits per heavy atom. The number of carbonyl (C=O) groups is 1. The Kier molecular flexibility index (Phi) is 3.06. The number of anilines is 1. The predicted molar refractivity (Wildman–Crippen MR) is 91.0 cm³/mol. The third-order valence-electron chi connectivity index (χ3n) is 4.97. The van der Waals surface area contributed by atoms with Gasteiger partial charge in [-0.25, -0.2) is 0 Å². The summed E-state index contributed by atoms with van der Waals surface area (Å²) < 4.78 is 0. The van der Waals surface area contributed by atoms with E-state index >= 15 is 0 Å². The number of nitrogen functional groups attached to an aromatic ring is 1. The SMILES string of the molecule is CC1(C)CC(C)(c2ccc(C(N)=O)cc2)c2ccc(N)cc21.[H+]. The topological polar surface area (TPSA) is 69.1 Å². The average molecular weight is 295 g/mol. The van der Waals surface area contributed by atoms with Gasteiger partial charge in [0.25, 0.3) is 0 Å². The molecule has 0 saturated carbocycles. The third-order valence-corrected chi connectivity index (χ3v) is 4.97. The molecule has 0 saturated heterocycles. The Hall–Kier alpha value is -2.29. The Balaban J connectivity index is 0.00000192. The van der Waals surface area contributed by atoms with Gasteiger partial charge in [-0.05, 0) is 52.8 Å². The van der Waals surface area contributed by atoms with Crippen LogP contribution in [0, 0.1) is 0 Å². The molecule has 3 rings (SSSR count). The summed E-state index contributed by atoms with van der Waals surface area (Å²) in [6, 6.07) is 13.9. The molecule has 0 radical (unpaired) electrons. The highest BCUT2D eigenvalue weighted by Gasteiger charge is 2.45. The molecular weight excluding hydrogens is 272 g/mol. The summed E-state index contributed by atoms with van der Waals surface area (Å²) in [5, 5.41) is 0. The van der Waals surface area contributed by atoms with Crippen molar-refractivity contribution < 1.29 is 6.22 Å². The summed E-state index contributed by atoms with van der Waals surface area (Å²) in [5.74, 6) is -0.392. The normalized spacial score (nSPS) is 22.3. The summed E-state index contributed by atoms with van der Waals surface area (Å²) in [6.45, 7) is 6.78. The summed E-state index contributed by atoms with van der Waals surface area (Å²) in [6.07, 6.45) is 1.01. The van der Waals surface area contributed by atoms with Gasteiger partial charge in [0.15, 0.2) is 0 Å². The number of nitrogens with two attached hydrogens (primary N) is 2. The van der Waals surface area contributed by atoms with Crippen molar-refractivity contribution in [3.05, 3.63) is 64.7 Å². The van der Waals surface area contributed by atoms with Crippen LogP contribution in [0.5, 0.6) is 0 Å². The maximum Gasteiger partial charge on any atom is 1.00 e. The number of benzene rings is 2. The van der Waals surface area contributed by atoms with Crippen LogP contribution in [0.25, 0.3) is 0 Å². The van der Waals surface area contributed by atoms with E-state index in [0.29, 0.717) is 5.56 Å². The van der Waals surface area contributed by atoms with Crippen LogP contribution in [-0.4, -0.2) is 5.91 Å². The second kappa shape index (κ2) is 4.60. The van der Waals surface area contributed by atoms with Gasteiger partial charge in [0.05, 0.1) is 0 Å². The van der Waals surface area contributed by atoms with Crippen molar-refractivity contribution in [1.29, 1.82) is 0 Å². The van der Waals surface area contributed by atoms with Crippen LogP contribution in [0.1, 0.15) is 55.7 Å². The molecule has 1 atom stereocenters. The molecule has 0 aromatic heterocycles. The van der Waals surface area contributed by atoms with Crippen LogP contribution in [0.3, 0.4) is 0 Å². The molecule has 22 heavy (non-hydrogen) atoms. The van der Waals surface area contributed by atoms with Gasteiger partial charge < -0.3 is 11.5 Å². The molecule has 3 nitrogen and oxygen atoms in total. The van der Waals surface area contributed by atoms with Gasteiger partial charge in [0.2, 0.25) is 5.91 Å². The summed E-state index contributed by atoms with van der Waals surface area (Å²) in [7, 11) is 0. The zero-order valence-corrected chi connectivity index (χ0v) is 13.3. The molecule has 2 aromatic carbocycles. The summed E-state index contributed by atoms with van der Waals surface area (Å²) >= 11 is 0. The van der Waals surface area contributed by atoms with Gasteiger partial charge in [0.1, 0.15) is 0 Å². The van der Waals surface area contributed by atoms with Crippen LogP contribution in [-0.2, 0) is 10.8 Å². The lowest BCUT2D eigenvalue weighted by atomic mass is 9.75. The second-order valence-electron chi connectivity index (χ2n) is 7.14. The van der Waals surface area contributed by atoms with Crippen LogP contribution in [0.15, 0.2) is 42.5 Å². The maximum absolute atomic E-state index is 11.3. The van der Waals surface area contributed by atoms with Gasteiger partial charge in [0, 0.05) is 16.7 Å². The first kappa shape index (κ1) is 14.6. The van der Waals surface area contributed by atoms with Crippen molar-refractivity contribution in [3.8, 4) is 0 Å². The van der Waals surface area contributed by atoms with Crippen LogP contribution in [0.2, 0.25) is 0 Å². The quantitative estimate of drug-likeness (QED) is 0.833. The van der Waals surface area contributed by atoms with Crippen molar-refractivity contribution in [2.75, 3.05) is 5.73 Å². The van der Waals surface area contributed by atoms with Crippen LogP contribution < -0.4 is 11.5 Å². The van der Waals surface area contributed by atoms with Crippen molar-refractivity contribution in [2.45, 2.75) is 38.0 Å². The molecule has 1 aliphatic carbocycles. The molecular formula is C19H23N2O+. The molecule has 0 fully saturated rings. The van der Waals surface area contributed by atoms with E-state index in [9.17, 15) is 4.79 Å². The molecule has 0 aliphatic heterocycles. The highest BCUT2D eigenvalue weighted by atomic mass is 16.1. The molecule has 1 aliphatic rings.